The van der Waals surface area contributed by atoms with E-state index < -0.39 is 24.5 Å². The average Bonchev–Trinajstić information content (AvgIpc) is 3.37. The molecule has 0 spiro atoms. The third-order valence-electron chi connectivity index (χ3n) is 4.49. The SMILES string of the molecule is Fc1ccc(OCC(F)(F)F)c(C2CCCN2)c1.NC(=O)c1cnn2ccccc12. The minimum Gasteiger partial charge on any atom is -0.484 e. The number of primary amides is 1. The lowest BCUT2D eigenvalue weighted by Crippen LogP contribution is -2.21. The van der Waals surface area contributed by atoms with Gasteiger partial charge in [0, 0.05) is 17.8 Å². The number of carbonyl (C=O) groups excluding carboxylic acids is 1. The molecule has 1 aliphatic heterocycles. The van der Waals surface area contributed by atoms with Crippen molar-refractivity contribution in [3.05, 3.63) is 65.7 Å². The number of aromatic nitrogens is 2. The summed E-state index contributed by atoms with van der Waals surface area (Å²) < 4.78 is 55.9. The highest BCUT2D eigenvalue weighted by Crippen LogP contribution is 2.32. The zero-order valence-corrected chi connectivity index (χ0v) is 15.8. The molecule has 30 heavy (non-hydrogen) atoms. The van der Waals surface area contributed by atoms with E-state index in [1.54, 1.807) is 16.8 Å². The maximum Gasteiger partial charge on any atom is 0.422 e. The van der Waals surface area contributed by atoms with E-state index >= 15 is 0 Å². The molecular weight excluding hydrogens is 404 g/mol. The van der Waals surface area contributed by atoms with Gasteiger partial charge in [-0.3, -0.25) is 4.79 Å². The molecule has 2 aromatic heterocycles. The summed E-state index contributed by atoms with van der Waals surface area (Å²) in [5.74, 6) is -0.831. The second-order valence-corrected chi connectivity index (χ2v) is 6.69. The van der Waals surface area contributed by atoms with Crippen molar-refractivity contribution in [1.29, 1.82) is 0 Å². The molecule has 0 bridgehead atoms. The van der Waals surface area contributed by atoms with Crippen LogP contribution < -0.4 is 15.8 Å². The lowest BCUT2D eigenvalue weighted by Gasteiger charge is -2.17. The normalized spacial score (nSPS) is 16.2. The van der Waals surface area contributed by atoms with Crippen molar-refractivity contribution in [2.45, 2.75) is 25.1 Å². The fourth-order valence-corrected chi connectivity index (χ4v) is 3.16. The Kier molecular flexibility index (Phi) is 6.56. The van der Waals surface area contributed by atoms with Gasteiger partial charge < -0.3 is 15.8 Å². The van der Waals surface area contributed by atoms with Crippen molar-refractivity contribution in [2.24, 2.45) is 5.73 Å². The highest BCUT2D eigenvalue weighted by atomic mass is 19.4. The number of alkyl halides is 3. The molecule has 10 heteroatoms. The van der Waals surface area contributed by atoms with Crippen molar-refractivity contribution in [2.75, 3.05) is 13.2 Å². The number of carbonyl (C=O) groups is 1. The first-order chi connectivity index (χ1) is 14.2. The first-order valence-electron chi connectivity index (χ1n) is 9.19. The van der Waals surface area contributed by atoms with Crippen LogP contribution in [0.2, 0.25) is 0 Å². The van der Waals surface area contributed by atoms with Crippen LogP contribution in [0.1, 0.15) is 34.8 Å². The molecule has 6 nitrogen and oxygen atoms in total. The molecule has 4 rings (SSSR count). The van der Waals surface area contributed by atoms with Gasteiger partial charge >= 0.3 is 6.18 Å². The maximum atomic E-state index is 13.2. The minimum absolute atomic E-state index is 0.0909. The quantitative estimate of drug-likeness (QED) is 0.627. The van der Waals surface area contributed by atoms with E-state index in [1.165, 1.54) is 18.3 Å². The Morgan fingerprint density at radius 1 is 1.30 bits per heavy atom. The molecule has 1 fully saturated rings. The summed E-state index contributed by atoms with van der Waals surface area (Å²) in [5, 5.41) is 7.07. The Labute approximate surface area is 169 Å². The molecule has 3 heterocycles. The molecule has 1 saturated heterocycles. The summed E-state index contributed by atoms with van der Waals surface area (Å²) >= 11 is 0. The average molecular weight is 424 g/mol. The number of rotatable bonds is 4. The van der Waals surface area contributed by atoms with Crippen LogP contribution in [-0.2, 0) is 0 Å². The van der Waals surface area contributed by atoms with Gasteiger partial charge in [-0.25, -0.2) is 8.91 Å². The van der Waals surface area contributed by atoms with E-state index in [0.29, 0.717) is 11.1 Å². The summed E-state index contributed by atoms with van der Waals surface area (Å²) in [7, 11) is 0. The van der Waals surface area contributed by atoms with Crippen LogP contribution in [0, 0.1) is 5.82 Å². The Balaban J connectivity index is 0.000000184. The number of nitrogens with one attached hydrogen (secondary N) is 1. The maximum absolute atomic E-state index is 13.2. The van der Waals surface area contributed by atoms with E-state index in [-0.39, 0.29) is 11.8 Å². The van der Waals surface area contributed by atoms with Gasteiger partial charge in [0.05, 0.1) is 17.3 Å². The molecule has 0 saturated carbocycles. The van der Waals surface area contributed by atoms with E-state index in [9.17, 15) is 22.4 Å². The van der Waals surface area contributed by atoms with Crippen molar-refractivity contribution < 1.29 is 27.1 Å². The summed E-state index contributed by atoms with van der Waals surface area (Å²) in [5.41, 5.74) is 6.78. The van der Waals surface area contributed by atoms with Gasteiger partial charge in [0.2, 0.25) is 0 Å². The monoisotopic (exact) mass is 424 g/mol. The lowest BCUT2D eigenvalue weighted by molar-refractivity contribution is -0.153. The highest BCUT2D eigenvalue weighted by Gasteiger charge is 2.29. The standard InChI is InChI=1S/C12H13F4NO.C8H7N3O/c13-8-3-4-11(18-7-12(14,15)16)9(6-8)10-2-1-5-17-10;9-8(12)6-5-10-11-4-2-1-3-7(6)11/h3-4,6,10,17H,1-2,5,7H2;1-5H,(H2,9,12). The molecule has 160 valence electrons. The molecule has 3 N–H and O–H groups in total. The van der Waals surface area contributed by atoms with Crippen molar-refractivity contribution in [3.63, 3.8) is 0 Å². The van der Waals surface area contributed by atoms with Crippen LogP contribution in [-0.4, -0.2) is 34.8 Å². The molecule has 1 atom stereocenters. The van der Waals surface area contributed by atoms with Gasteiger partial charge in [0.15, 0.2) is 6.61 Å². The van der Waals surface area contributed by atoms with Gasteiger partial charge in [-0.2, -0.15) is 18.3 Å². The summed E-state index contributed by atoms with van der Waals surface area (Å²) in [6.45, 7) is -0.585. The van der Waals surface area contributed by atoms with Crippen LogP contribution in [0.25, 0.3) is 5.52 Å². The molecule has 1 aromatic carbocycles. The van der Waals surface area contributed by atoms with Crippen LogP contribution >= 0.6 is 0 Å². The van der Waals surface area contributed by atoms with Gasteiger partial charge in [0.1, 0.15) is 11.6 Å². The summed E-state index contributed by atoms with van der Waals surface area (Å²) in [6.07, 6.45) is 0.528. The Hall–Kier alpha value is -3.14. The Morgan fingerprint density at radius 2 is 2.10 bits per heavy atom. The molecule has 0 aliphatic carbocycles. The zero-order chi connectivity index (χ0) is 21.7. The van der Waals surface area contributed by atoms with Gasteiger partial charge in [0.25, 0.3) is 5.91 Å². The second kappa shape index (κ2) is 9.12. The fourth-order valence-electron chi connectivity index (χ4n) is 3.16. The second-order valence-electron chi connectivity index (χ2n) is 6.69. The summed E-state index contributed by atoms with van der Waals surface area (Å²) in [6, 6.07) is 8.92. The zero-order valence-electron chi connectivity index (χ0n) is 15.8. The van der Waals surface area contributed by atoms with Crippen LogP contribution in [0.5, 0.6) is 5.75 Å². The van der Waals surface area contributed by atoms with Crippen LogP contribution in [0.3, 0.4) is 0 Å². The number of hydrogen-bond donors (Lipinski definition) is 2. The van der Waals surface area contributed by atoms with E-state index in [2.05, 4.69) is 10.4 Å². The number of amides is 1. The van der Waals surface area contributed by atoms with E-state index in [0.717, 1.165) is 31.0 Å². The molecule has 0 radical (unpaired) electrons. The van der Waals surface area contributed by atoms with Gasteiger partial charge in [-0.05, 0) is 49.7 Å². The minimum atomic E-state index is -4.39. The molecule has 3 aromatic rings. The number of nitrogens with two attached hydrogens (primary N) is 1. The largest absolute Gasteiger partial charge is 0.484 e. The number of benzene rings is 1. The Morgan fingerprint density at radius 3 is 2.77 bits per heavy atom. The molecule has 1 aliphatic rings. The topological polar surface area (TPSA) is 81.6 Å². The van der Waals surface area contributed by atoms with Crippen LogP contribution in [0.4, 0.5) is 17.6 Å². The number of hydrogen-bond acceptors (Lipinski definition) is 4. The van der Waals surface area contributed by atoms with Crippen LogP contribution in [0.15, 0.2) is 48.8 Å². The number of pyridine rings is 1. The first kappa shape index (κ1) is 21.6. The number of nitrogens with zero attached hydrogens (tertiary/aromatic N) is 2. The smallest absolute Gasteiger partial charge is 0.422 e. The first-order valence-corrected chi connectivity index (χ1v) is 9.19. The number of fused-ring (bicyclic) bond motifs is 1. The van der Waals surface area contributed by atoms with Crippen molar-refractivity contribution in [3.8, 4) is 5.75 Å². The van der Waals surface area contributed by atoms with Gasteiger partial charge in [-0.1, -0.05) is 6.07 Å². The van der Waals surface area contributed by atoms with Crippen molar-refractivity contribution >= 4 is 11.4 Å². The predicted molar refractivity (Wildman–Crippen MR) is 102 cm³/mol. The highest BCUT2D eigenvalue weighted by molar-refractivity contribution is 5.99. The molecular formula is C20H20F4N4O2. The molecule has 1 unspecified atom stereocenters. The van der Waals surface area contributed by atoms with Crippen molar-refractivity contribution in [1.82, 2.24) is 14.9 Å². The van der Waals surface area contributed by atoms with E-state index in [1.807, 2.05) is 12.1 Å². The van der Waals surface area contributed by atoms with E-state index in [4.69, 9.17) is 10.5 Å². The predicted octanol–water partition coefficient (Wildman–Crippen LogP) is 3.62. The lowest BCUT2D eigenvalue weighted by atomic mass is 10.0. The third-order valence-corrected chi connectivity index (χ3v) is 4.49. The summed E-state index contributed by atoms with van der Waals surface area (Å²) in [4.78, 5) is 10.8. The number of ether oxygens (including phenoxy) is 1. The fraction of sp³-hybridized carbons (Fsp3) is 0.300. The Bertz CT molecular complexity index is 1010. The van der Waals surface area contributed by atoms with Gasteiger partial charge in [-0.15, -0.1) is 0 Å². The number of halogens is 4. The third kappa shape index (κ3) is 5.47. The molecule has 1 amide bonds.